The Morgan fingerprint density at radius 2 is 1.90 bits per heavy atom. The molecular weight excluding hydrogens is 419 g/mol. The smallest absolute Gasteiger partial charge is 0.451 e. The number of hydrogen-bond donors (Lipinski definition) is 1. The standard InChI is InChI=1S/C21H24F3NO6/c1-11(6-8-16(27)29-3)5-7-13-18(25-9-15(26)21(22,23)24)17-14(10-31-20(17)28)12(2)19(13)30-4/h5,25H,6-10H2,1-4H3. The second-order valence-corrected chi connectivity index (χ2v) is 7.05. The van der Waals surface area contributed by atoms with Gasteiger partial charge in [0, 0.05) is 17.5 Å². The SMILES string of the molecule is COC(=O)CCC(C)=CCc1c(NCC(=O)C(F)(F)F)c2c(c(C)c1OC)COC2=O. The molecule has 1 aromatic rings. The number of ether oxygens (including phenoxy) is 3. The highest BCUT2D eigenvalue weighted by molar-refractivity contribution is 6.02. The summed E-state index contributed by atoms with van der Waals surface area (Å²) < 4.78 is 53.2. The highest BCUT2D eigenvalue weighted by Crippen LogP contribution is 2.41. The van der Waals surface area contributed by atoms with Crippen LogP contribution >= 0.6 is 0 Å². The lowest BCUT2D eigenvalue weighted by atomic mass is 9.93. The summed E-state index contributed by atoms with van der Waals surface area (Å²) in [6.07, 6.45) is -2.42. The van der Waals surface area contributed by atoms with E-state index in [1.165, 1.54) is 14.2 Å². The number of carbonyl (C=O) groups is 3. The van der Waals surface area contributed by atoms with Gasteiger partial charge in [0.1, 0.15) is 12.4 Å². The maximum Gasteiger partial charge on any atom is 0.451 e. The molecule has 7 nitrogen and oxygen atoms in total. The van der Waals surface area contributed by atoms with E-state index >= 15 is 0 Å². The summed E-state index contributed by atoms with van der Waals surface area (Å²) in [6.45, 7) is 2.45. The zero-order chi connectivity index (χ0) is 23.3. The molecule has 0 unspecified atom stereocenters. The topological polar surface area (TPSA) is 90.9 Å². The normalized spacial score (nSPS) is 13.5. The van der Waals surface area contributed by atoms with Crippen LogP contribution in [-0.4, -0.2) is 44.7 Å². The fourth-order valence-electron chi connectivity index (χ4n) is 3.30. The summed E-state index contributed by atoms with van der Waals surface area (Å²) in [4.78, 5) is 35.0. The average molecular weight is 443 g/mol. The van der Waals surface area contributed by atoms with Gasteiger partial charge < -0.3 is 19.5 Å². The van der Waals surface area contributed by atoms with E-state index in [1.807, 2.05) is 0 Å². The Kier molecular flexibility index (Phi) is 7.70. The van der Waals surface area contributed by atoms with E-state index in [0.29, 0.717) is 28.9 Å². The van der Waals surface area contributed by atoms with Crippen LogP contribution in [0.4, 0.5) is 18.9 Å². The van der Waals surface area contributed by atoms with Crippen LogP contribution in [0.15, 0.2) is 11.6 Å². The van der Waals surface area contributed by atoms with E-state index in [2.05, 4.69) is 10.1 Å². The number of esters is 2. The number of nitrogens with one attached hydrogen (secondary N) is 1. The van der Waals surface area contributed by atoms with Crippen molar-refractivity contribution in [1.29, 1.82) is 0 Å². The number of alkyl halides is 3. The highest BCUT2D eigenvalue weighted by atomic mass is 19.4. The summed E-state index contributed by atoms with van der Waals surface area (Å²) in [5.74, 6) is -2.64. The number of methoxy groups -OCH3 is 2. The molecule has 0 aliphatic carbocycles. The number of rotatable bonds is 9. The number of carbonyl (C=O) groups excluding carboxylic acids is 3. The first-order chi connectivity index (χ1) is 14.5. The number of cyclic esters (lactones) is 1. The highest BCUT2D eigenvalue weighted by Gasteiger charge is 2.39. The molecule has 2 rings (SSSR count). The van der Waals surface area contributed by atoms with Crippen molar-refractivity contribution in [2.24, 2.45) is 0 Å². The summed E-state index contributed by atoms with van der Waals surface area (Å²) in [6, 6.07) is 0. The molecule has 1 aromatic carbocycles. The van der Waals surface area contributed by atoms with Gasteiger partial charge >= 0.3 is 18.1 Å². The molecule has 0 amide bonds. The number of benzene rings is 1. The number of ketones is 1. The first-order valence-electron chi connectivity index (χ1n) is 9.47. The lowest BCUT2D eigenvalue weighted by Crippen LogP contribution is -2.30. The van der Waals surface area contributed by atoms with E-state index < -0.39 is 24.5 Å². The van der Waals surface area contributed by atoms with Gasteiger partial charge in [-0.15, -0.1) is 0 Å². The zero-order valence-electron chi connectivity index (χ0n) is 17.7. The second kappa shape index (κ2) is 9.84. The van der Waals surface area contributed by atoms with Crippen LogP contribution in [0.1, 0.15) is 46.8 Å². The number of allylic oxidation sites excluding steroid dienone is 2. The Hall–Kier alpha value is -3.04. The van der Waals surface area contributed by atoms with Gasteiger partial charge in [0.15, 0.2) is 0 Å². The van der Waals surface area contributed by atoms with Gasteiger partial charge in [0.25, 0.3) is 5.78 Å². The molecule has 1 aliphatic rings. The molecule has 1 N–H and O–H groups in total. The molecule has 31 heavy (non-hydrogen) atoms. The number of hydrogen-bond acceptors (Lipinski definition) is 7. The number of anilines is 1. The number of halogens is 3. The summed E-state index contributed by atoms with van der Waals surface area (Å²) >= 11 is 0. The van der Waals surface area contributed by atoms with E-state index in [9.17, 15) is 27.6 Å². The monoisotopic (exact) mass is 443 g/mol. The molecule has 0 saturated heterocycles. The quantitative estimate of drug-likeness (QED) is 0.460. The molecule has 0 spiro atoms. The van der Waals surface area contributed by atoms with Gasteiger partial charge in [0.2, 0.25) is 0 Å². The Labute approximate surface area is 177 Å². The molecule has 0 bridgehead atoms. The Bertz CT molecular complexity index is 921. The molecule has 0 saturated carbocycles. The molecule has 1 heterocycles. The van der Waals surface area contributed by atoms with Crippen molar-refractivity contribution in [3.8, 4) is 5.75 Å². The average Bonchev–Trinajstić information content (AvgIpc) is 3.10. The van der Waals surface area contributed by atoms with Crippen molar-refractivity contribution in [1.82, 2.24) is 0 Å². The van der Waals surface area contributed by atoms with Gasteiger partial charge in [-0.2, -0.15) is 13.2 Å². The molecule has 0 atom stereocenters. The van der Waals surface area contributed by atoms with Crippen molar-refractivity contribution in [2.45, 2.75) is 45.9 Å². The lowest BCUT2D eigenvalue weighted by molar-refractivity contribution is -0.168. The maximum atomic E-state index is 12.7. The van der Waals surface area contributed by atoms with Gasteiger partial charge in [0.05, 0.1) is 32.0 Å². The third-order valence-corrected chi connectivity index (χ3v) is 5.02. The third-order valence-electron chi connectivity index (χ3n) is 5.02. The number of fused-ring (bicyclic) bond motifs is 1. The van der Waals surface area contributed by atoms with Crippen LogP contribution in [0.25, 0.3) is 0 Å². The van der Waals surface area contributed by atoms with Crippen molar-refractivity contribution >= 4 is 23.4 Å². The minimum absolute atomic E-state index is 0.0352. The van der Waals surface area contributed by atoms with Crippen molar-refractivity contribution < 1.29 is 41.8 Å². The fraction of sp³-hybridized carbons (Fsp3) is 0.476. The molecule has 1 aliphatic heterocycles. The van der Waals surface area contributed by atoms with Crippen LogP contribution in [0.5, 0.6) is 5.75 Å². The molecule has 0 aromatic heterocycles. The van der Waals surface area contributed by atoms with Crippen molar-refractivity contribution in [3.05, 3.63) is 33.9 Å². The van der Waals surface area contributed by atoms with Crippen LogP contribution in [0.3, 0.4) is 0 Å². The minimum atomic E-state index is -5.00. The van der Waals surface area contributed by atoms with E-state index in [4.69, 9.17) is 9.47 Å². The van der Waals surface area contributed by atoms with Gasteiger partial charge in [-0.3, -0.25) is 9.59 Å². The number of Topliss-reactive ketones (excluding diaryl/α,β-unsaturated/α-hetero) is 1. The van der Waals surface area contributed by atoms with E-state index in [1.54, 1.807) is 19.9 Å². The fourth-order valence-corrected chi connectivity index (χ4v) is 3.30. The molecule has 170 valence electrons. The summed E-state index contributed by atoms with van der Waals surface area (Å²) in [5.41, 5.74) is 2.57. The second-order valence-electron chi connectivity index (χ2n) is 7.05. The van der Waals surface area contributed by atoms with Gasteiger partial charge in [-0.1, -0.05) is 11.6 Å². The molecule has 0 fully saturated rings. The van der Waals surface area contributed by atoms with Gasteiger partial charge in [-0.25, -0.2) is 4.79 Å². The third kappa shape index (κ3) is 5.56. The first kappa shape index (κ1) is 24.2. The van der Waals surface area contributed by atoms with Gasteiger partial charge in [-0.05, 0) is 32.3 Å². The summed E-state index contributed by atoms with van der Waals surface area (Å²) in [7, 11) is 2.70. The zero-order valence-corrected chi connectivity index (χ0v) is 17.7. The van der Waals surface area contributed by atoms with Crippen molar-refractivity contribution in [2.75, 3.05) is 26.1 Å². The predicted octanol–water partition coefficient (Wildman–Crippen LogP) is 3.66. The lowest BCUT2D eigenvalue weighted by Gasteiger charge is -2.20. The molecular formula is C21H24F3NO6. The molecule has 0 radical (unpaired) electrons. The Balaban J connectivity index is 2.46. The van der Waals surface area contributed by atoms with Crippen molar-refractivity contribution in [3.63, 3.8) is 0 Å². The van der Waals surface area contributed by atoms with E-state index in [-0.39, 0.29) is 36.7 Å². The largest absolute Gasteiger partial charge is 0.496 e. The van der Waals surface area contributed by atoms with Crippen LogP contribution in [0, 0.1) is 6.92 Å². The van der Waals surface area contributed by atoms with Crippen LogP contribution in [-0.2, 0) is 32.1 Å². The van der Waals surface area contributed by atoms with E-state index in [0.717, 1.165) is 5.57 Å². The predicted molar refractivity (Wildman–Crippen MR) is 105 cm³/mol. The van der Waals surface area contributed by atoms with Crippen LogP contribution in [0.2, 0.25) is 0 Å². The van der Waals surface area contributed by atoms with Crippen LogP contribution < -0.4 is 10.1 Å². The minimum Gasteiger partial charge on any atom is -0.496 e. The Morgan fingerprint density at radius 3 is 2.48 bits per heavy atom. The Morgan fingerprint density at radius 1 is 1.23 bits per heavy atom. The first-order valence-corrected chi connectivity index (χ1v) is 9.47. The maximum absolute atomic E-state index is 12.7. The summed E-state index contributed by atoms with van der Waals surface area (Å²) in [5, 5.41) is 2.48. The molecule has 10 heteroatoms.